The molecule has 1 saturated carbocycles. The van der Waals surface area contributed by atoms with Gasteiger partial charge < -0.3 is 10.2 Å². The Balaban J connectivity index is 1.93. The Morgan fingerprint density at radius 2 is 1.76 bits per heavy atom. The van der Waals surface area contributed by atoms with E-state index in [-0.39, 0.29) is 5.54 Å². The Hall–Kier alpha value is -1.02. The Kier molecular flexibility index (Phi) is 3.43. The number of anilines is 1. The molecule has 94 valence electrons. The van der Waals surface area contributed by atoms with Gasteiger partial charge in [0.05, 0.1) is 0 Å². The first-order valence-corrected chi connectivity index (χ1v) is 6.52. The molecule has 1 N–H and O–H groups in total. The fourth-order valence-electron chi connectivity index (χ4n) is 1.89. The van der Waals surface area contributed by atoms with Crippen molar-refractivity contribution in [3.05, 3.63) is 29.8 Å². The molecule has 0 aliphatic heterocycles. The van der Waals surface area contributed by atoms with Crippen LogP contribution in [0.1, 0.15) is 39.2 Å². The van der Waals surface area contributed by atoms with E-state index in [1.54, 1.807) is 0 Å². The Bertz CT molecular complexity index is 358. The van der Waals surface area contributed by atoms with Crippen LogP contribution in [-0.2, 0) is 6.54 Å². The summed E-state index contributed by atoms with van der Waals surface area (Å²) in [4.78, 5) is 2.39. The van der Waals surface area contributed by atoms with Crippen molar-refractivity contribution < 1.29 is 0 Å². The molecule has 1 fully saturated rings. The molecule has 0 saturated heterocycles. The van der Waals surface area contributed by atoms with Crippen LogP contribution in [0.2, 0.25) is 0 Å². The van der Waals surface area contributed by atoms with Crippen LogP contribution in [0.3, 0.4) is 0 Å². The highest BCUT2D eigenvalue weighted by molar-refractivity contribution is 5.48. The summed E-state index contributed by atoms with van der Waals surface area (Å²) in [6.07, 6.45) is 2.70. The van der Waals surface area contributed by atoms with Crippen molar-refractivity contribution in [3.63, 3.8) is 0 Å². The SMILES string of the molecule is CN(c1ccc(CNC(C)(C)C)cc1)C1CC1. The summed E-state index contributed by atoms with van der Waals surface area (Å²) < 4.78 is 0. The zero-order chi connectivity index (χ0) is 12.5. The number of benzene rings is 1. The van der Waals surface area contributed by atoms with Crippen LogP contribution in [0.5, 0.6) is 0 Å². The lowest BCUT2D eigenvalue weighted by molar-refractivity contribution is 0.424. The third-order valence-electron chi connectivity index (χ3n) is 3.26. The molecule has 1 aromatic rings. The number of hydrogen-bond acceptors (Lipinski definition) is 2. The summed E-state index contributed by atoms with van der Waals surface area (Å²) >= 11 is 0. The number of hydrogen-bond donors (Lipinski definition) is 1. The van der Waals surface area contributed by atoms with Crippen LogP contribution in [-0.4, -0.2) is 18.6 Å². The molecule has 2 heteroatoms. The standard InChI is InChI=1S/C15H24N2/c1-15(2,3)16-11-12-5-7-13(8-6-12)17(4)14-9-10-14/h5-8,14,16H,9-11H2,1-4H3. The largest absolute Gasteiger partial charge is 0.372 e. The van der Waals surface area contributed by atoms with Gasteiger partial charge in [0, 0.05) is 30.9 Å². The van der Waals surface area contributed by atoms with E-state index in [2.05, 4.69) is 62.3 Å². The lowest BCUT2D eigenvalue weighted by Gasteiger charge is -2.21. The average molecular weight is 232 g/mol. The molecule has 2 nitrogen and oxygen atoms in total. The zero-order valence-corrected chi connectivity index (χ0v) is 11.5. The molecule has 0 atom stereocenters. The van der Waals surface area contributed by atoms with E-state index in [9.17, 15) is 0 Å². The van der Waals surface area contributed by atoms with Crippen LogP contribution in [0.15, 0.2) is 24.3 Å². The van der Waals surface area contributed by atoms with Crippen LogP contribution >= 0.6 is 0 Å². The monoisotopic (exact) mass is 232 g/mol. The molecule has 0 radical (unpaired) electrons. The molecule has 2 rings (SSSR count). The van der Waals surface area contributed by atoms with Gasteiger partial charge in [0.25, 0.3) is 0 Å². The lowest BCUT2D eigenvalue weighted by atomic mass is 10.1. The van der Waals surface area contributed by atoms with Gasteiger partial charge in [0.15, 0.2) is 0 Å². The topological polar surface area (TPSA) is 15.3 Å². The second kappa shape index (κ2) is 4.69. The summed E-state index contributed by atoms with van der Waals surface area (Å²) in [6.45, 7) is 7.53. The third kappa shape index (κ3) is 3.74. The van der Waals surface area contributed by atoms with Crippen molar-refractivity contribution in [2.75, 3.05) is 11.9 Å². The molecule has 1 aromatic carbocycles. The van der Waals surface area contributed by atoms with E-state index in [1.807, 2.05) is 0 Å². The second-order valence-electron chi connectivity index (χ2n) is 6.11. The maximum Gasteiger partial charge on any atom is 0.0366 e. The molecule has 0 amide bonds. The summed E-state index contributed by atoms with van der Waals surface area (Å²) in [5.74, 6) is 0. The van der Waals surface area contributed by atoms with Gasteiger partial charge in [-0.05, 0) is 51.3 Å². The fraction of sp³-hybridized carbons (Fsp3) is 0.600. The maximum absolute atomic E-state index is 3.51. The highest BCUT2D eigenvalue weighted by Crippen LogP contribution is 2.30. The molecule has 17 heavy (non-hydrogen) atoms. The Morgan fingerprint density at radius 3 is 2.24 bits per heavy atom. The van der Waals surface area contributed by atoms with Crippen molar-refractivity contribution in [1.29, 1.82) is 0 Å². The van der Waals surface area contributed by atoms with E-state index < -0.39 is 0 Å². The minimum atomic E-state index is 0.184. The maximum atomic E-state index is 3.51. The van der Waals surface area contributed by atoms with Crippen molar-refractivity contribution in [3.8, 4) is 0 Å². The van der Waals surface area contributed by atoms with Crippen molar-refractivity contribution in [2.45, 2.75) is 51.7 Å². The molecule has 1 aliphatic carbocycles. The van der Waals surface area contributed by atoms with Gasteiger partial charge in [-0.2, -0.15) is 0 Å². The predicted octanol–water partition coefficient (Wildman–Crippen LogP) is 3.17. The molecule has 0 unspecified atom stereocenters. The van der Waals surface area contributed by atoms with Gasteiger partial charge in [0.2, 0.25) is 0 Å². The van der Waals surface area contributed by atoms with E-state index in [4.69, 9.17) is 0 Å². The van der Waals surface area contributed by atoms with Gasteiger partial charge in [-0.15, -0.1) is 0 Å². The van der Waals surface area contributed by atoms with Crippen molar-refractivity contribution in [1.82, 2.24) is 5.32 Å². The van der Waals surface area contributed by atoms with E-state index in [0.29, 0.717) is 0 Å². The number of nitrogens with one attached hydrogen (secondary N) is 1. The molecule has 0 aromatic heterocycles. The van der Waals surface area contributed by atoms with Crippen molar-refractivity contribution >= 4 is 5.69 Å². The first-order valence-electron chi connectivity index (χ1n) is 6.52. The summed E-state index contributed by atoms with van der Waals surface area (Å²) in [5.41, 5.74) is 2.88. The summed E-state index contributed by atoms with van der Waals surface area (Å²) in [7, 11) is 2.19. The average Bonchev–Trinajstić information content (AvgIpc) is 3.09. The van der Waals surface area contributed by atoms with Gasteiger partial charge >= 0.3 is 0 Å². The van der Waals surface area contributed by atoms with Gasteiger partial charge in [-0.25, -0.2) is 0 Å². The van der Waals surface area contributed by atoms with Gasteiger partial charge in [0.1, 0.15) is 0 Å². The minimum Gasteiger partial charge on any atom is -0.372 e. The van der Waals surface area contributed by atoms with Crippen LogP contribution in [0, 0.1) is 0 Å². The molecule has 0 spiro atoms. The van der Waals surface area contributed by atoms with Crippen LogP contribution in [0.4, 0.5) is 5.69 Å². The molecule has 0 heterocycles. The first-order chi connectivity index (χ1) is 7.96. The van der Waals surface area contributed by atoms with Gasteiger partial charge in [-0.1, -0.05) is 12.1 Å². The summed E-state index contributed by atoms with van der Waals surface area (Å²) in [5, 5.41) is 3.51. The van der Waals surface area contributed by atoms with E-state index in [1.165, 1.54) is 24.1 Å². The molecule has 0 bridgehead atoms. The van der Waals surface area contributed by atoms with Crippen molar-refractivity contribution in [2.24, 2.45) is 0 Å². The highest BCUT2D eigenvalue weighted by atomic mass is 15.2. The molecular weight excluding hydrogens is 208 g/mol. The quantitative estimate of drug-likeness (QED) is 0.857. The molecular formula is C15H24N2. The highest BCUT2D eigenvalue weighted by Gasteiger charge is 2.26. The Labute approximate surface area is 105 Å². The van der Waals surface area contributed by atoms with Crippen LogP contribution in [0.25, 0.3) is 0 Å². The predicted molar refractivity (Wildman–Crippen MR) is 74.5 cm³/mol. The van der Waals surface area contributed by atoms with Gasteiger partial charge in [-0.3, -0.25) is 0 Å². The molecule has 1 aliphatic rings. The summed E-state index contributed by atoms with van der Waals surface area (Å²) in [6, 6.07) is 9.71. The number of rotatable bonds is 4. The fourth-order valence-corrected chi connectivity index (χ4v) is 1.89. The van der Waals surface area contributed by atoms with E-state index in [0.717, 1.165) is 12.6 Å². The normalized spacial score (nSPS) is 16.0. The third-order valence-corrected chi connectivity index (χ3v) is 3.26. The first kappa shape index (κ1) is 12.4. The minimum absolute atomic E-state index is 0.184. The second-order valence-corrected chi connectivity index (χ2v) is 6.11. The number of nitrogens with zero attached hydrogens (tertiary/aromatic N) is 1. The Morgan fingerprint density at radius 1 is 1.18 bits per heavy atom. The lowest BCUT2D eigenvalue weighted by Crippen LogP contribution is -2.35. The van der Waals surface area contributed by atoms with E-state index >= 15 is 0 Å². The zero-order valence-electron chi connectivity index (χ0n) is 11.5. The van der Waals surface area contributed by atoms with Crippen LogP contribution < -0.4 is 10.2 Å². The smallest absolute Gasteiger partial charge is 0.0366 e.